The van der Waals surface area contributed by atoms with E-state index >= 15 is 0 Å². The molecule has 1 atom stereocenters. The minimum atomic E-state index is -0.989. The SMILES string of the molecule is COc1cc(CNC(=O)CN(CC(=O)N2CCN(C(c3ccccc3)c3ccccc3)CC2)CC(O)COc2cccc3ncccc23)cc(OC)c1OC. The Balaban J connectivity index is 1.11. The number of aromatic nitrogens is 1. The Morgan fingerprint density at radius 2 is 1.44 bits per heavy atom. The highest BCUT2D eigenvalue weighted by Gasteiger charge is 2.29. The van der Waals surface area contributed by atoms with Gasteiger partial charge in [-0.25, -0.2) is 0 Å². The van der Waals surface area contributed by atoms with Gasteiger partial charge in [-0.05, 0) is 53.1 Å². The minimum Gasteiger partial charge on any atom is -0.493 e. The number of amides is 2. The molecule has 0 spiro atoms. The Kier molecular flexibility index (Phi) is 13.5. The van der Waals surface area contributed by atoms with Gasteiger partial charge in [0.1, 0.15) is 18.5 Å². The average Bonchev–Trinajstić information content (AvgIpc) is 3.22. The number of nitrogens with zero attached hydrogens (tertiary/aromatic N) is 4. The number of piperazine rings is 1. The minimum absolute atomic E-state index is 0.0369. The van der Waals surface area contributed by atoms with E-state index in [2.05, 4.69) is 63.7 Å². The highest BCUT2D eigenvalue weighted by atomic mass is 16.5. The van der Waals surface area contributed by atoms with Crippen LogP contribution in [0.5, 0.6) is 23.0 Å². The molecule has 4 aromatic carbocycles. The van der Waals surface area contributed by atoms with Gasteiger partial charge >= 0.3 is 0 Å². The van der Waals surface area contributed by atoms with Crippen LogP contribution < -0.4 is 24.3 Å². The van der Waals surface area contributed by atoms with E-state index < -0.39 is 6.10 Å². The molecule has 1 aliphatic heterocycles. The standard InChI is InChI=1S/C43H49N5O7/c1-52-38-24-31(25-39(53-2)43(38)54-3)26-45-40(50)28-46(27-34(49)30-55-37-18-10-17-36-35(37)16-11-19-44-36)29-41(51)47-20-22-48(23-21-47)42(32-12-6-4-7-13-32)33-14-8-5-9-15-33/h4-19,24-25,34,42,49H,20-23,26-30H2,1-3H3,(H,45,50). The van der Waals surface area contributed by atoms with Crippen LogP contribution in [-0.4, -0.2) is 116 Å². The molecule has 5 aromatic rings. The number of hydrogen-bond acceptors (Lipinski definition) is 10. The Bertz CT molecular complexity index is 1940. The predicted molar refractivity (Wildman–Crippen MR) is 211 cm³/mol. The summed E-state index contributed by atoms with van der Waals surface area (Å²) in [4.78, 5) is 37.6. The van der Waals surface area contributed by atoms with Crippen LogP contribution in [0.2, 0.25) is 0 Å². The summed E-state index contributed by atoms with van der Waals surface area (Å²) in [6, 6.07) is 33.8. The number of ether oxygens (including phenoxy) is 4. The van der Waals surface area contributed by atoms with Crippen LogP contribution in [-0.2, 0) is 16.1 Å². The van der Waals surface area contributed by atoms with Crippen molar-refractivity contribution < 1.29 is 33.6 Å². The number of carbonyl (C=O) groups is 2. The Morgan fingerprint density at radius 1 is 0.782 bits per heavy atom. The second kappa shape index (κ2) is 19.1. The molecule has 1 fully saturated rings. The van der Waals surface area contributed by atoms with Crippen molar-refractivity contribution in [1.29, 1.82) is 0 Å². The van der Waals surface area contributed by atoms with Crippen molar-refractivity contribution in [1.82, 2.24) is 25.0 Å². The molecule has 1 unspecified atom stereocenters. The zero-order valence-corrected chi connectivity index (χ0v) is 31.6. The highest BCUT2D eigenvalue weighted by Crippen LogP contribution is 2.38. The van der Waals surface area contributed by atoms with Crippen molar-refractivity contribution in [3.05, 3.63) is 126 Å². The molecule has 0 saturated carbocycles. The van der Waals surface area contributed by atoms with Crippen LogP contribution in [0, 0.1) is 0 Å². The van der Waals surface area contributed by atoms with Crippen molar-refractivity contribution in [2.24, 2.45) is 0 Å². The third-order valence-electron chi connectivity index (χ3n) is 9.71. The Hall–Kier alpha value is -5.69. The molecule has 1 saturated heterocycles. The van der Waals surface area contributed by atoms with Gasteiger partial charge in [0.2, 0.25) is 17.6 Å². The quantitative estimate of drug-likeness (QED) is 0.140. The normalized spacial score (nSPS) is 13.8. The van der Waals surface area contributed by atoms with Crippen molar-refractivity contribution >= 4 is 22.7 Å². The number of hydrogen-bond donors (Lipinski definition) is 2. The topological polar surface area (TPSA) is 126 Å². The van der Waals surface area contributed by atoms with E-state index in [0.29, 0.717) is 49.2 Å². The van der Waals surface area contributed by atoms with Gasteiger partial charge in [0, 0.05) is 50.9 Å². The molecule has 0 radical (unpaired) electrons. The summed E-state index contributed by atoms with van der Waals surface area (Å²) in [6.45, 7) is 2.47. The predicted octanol–water partition coefficient (Wildman–Crippen LogP) is 4.55. The third kappa shape index (κ3) is 10.1. The number of carbonyl (C=O) groups excluding carboxylic acids is 2. The summed E-state index contributed by atoms with van der Waals surface area (Å²) >= 11 is 0. The lowest BCUT2D eigenvalue weighted by molar-refractivity contribution is -0.135. The summed E-state index contributed by atoms with van der Waals surface area (Å²) in [5, 5.41) is 15.0. The molecule has 12 nitrogen and oxygen atoms in total. The van der Waals surface area contributed by atoms with Gasteiger partial charge in [-0.3, -0.25) is 24.4 Å². The molecule has 2 amide bonds. The molecule has 1 aromatic heterocycles. The first kappa shape index (κ1) is 39.0. The molecule has 0 aliphatic carbocycles. The lowest BCUT2D eigenvalue weighted by Crippen LogP contribution is -2.53. The van der Waals surface area contributed by atoms with Gasteiger partial charge in [-0.1, -0.05) is 66.7 Å². The van der Waals surface area contributed by atoms with Gasteiger partial charge in [-0.2, -0.15) is 0 Å². The average molecular weight is 748 g/mol. The van der Waals surface area contributed by atoms with Crippen LogP contribution in [0.15, 0.2) is 109 Å². The lowest BCUT2D eigenvalue weighted by atomic mass is 9.96. The lowest BCUT2D eigenvalue weighted by Gasteiger charge is -2.40. The molecule has 2 N–H and O–H groups in total. The van der Waals surface area contributed by atoms with Crippen molar-refractivity contribution in [2.45, 2.75) is 18.7 Å². The number of rotatable bonds is 17. The van der Waals surface area contributed by atoms with E-state index in [-0.39, 0.29) is 50.6 Å². The maximum absolute atomic E-state index is 13.9. The van der Waals surface area contributed by atoms with Crippen LogP contribution in [0.3, 0.4) is 0 Å². The number of fused-ring (bicyclic) bond motifs is 1. The number of aliphatic hydroxyl groups is 1. The Morgan fingerprint density at radius 3 is 2.05 bits per heavy atom. The molecule has 1 aliphatic rings. The summed E-state index contributed by atoms with van der Waals surface area (Å²) in [6.07, 6.45) is 0.727. The zero-order valence-electron chi connectivity index (χ0n) is 31.6. The number of pyridine rings is 1. The van der Waals surface area contributed by atoms with Crippen molar-refractivity contribution in [2.75, 3.05) is 73.7 Å². The first-order valence-electron chi connectivity index (χ1n) is 18.4. The number of nitrogens with one attached hydrogen (secondary N) is 1. The van der Waals surface area contributed by atoms with Crippen LogP contribution in [0.4, 0.5) is 0 Å². The summed E-state index contributed by atoms with van der Waals surface area (Å²) in [5.41, 5.74) is 3.93. The van der Waals surface area contributed by atoms with E-state index in [9.17, 15) is 14.7 Å². The van der Waals surface area contributed by atoms with Crippen LogP contribution in [0.25, 0.3) is 10.9 Å². The second-order valence-electron chi connectivity index (χ2n) is 13.4. The fourth-order valence-corrected chi connectivity index (χ4v) is 7.03. The first-order valence-corrected chi connectivity index (χ1v) is 18.4. The van der Waals surface area contributed by atoms with Gasteiger partial charge < -0.3 is 34.3 Å². The van der Waals surface area contributed by atoms with E-state index in [0.717, 1.165) is 16.5 Å². The molecule has 0 bridgehead atoms. The molecular formula is C43H49N5O7. The largest absolute Gasteiger partial charge is 0.493 e. The maximum atomic E-state index is 13.9. The van der Waals surface area contributed by atoms with Crippen LogP contribution in [0.1, 0.15) is 22.7 Å². The summed E-state index contributed by atoms with van der Waals surface area (Å²) in [7, 11) is 4.60. The Labute approximate surface area is 322 Å². The van der Waals surface area contributed by atoms with Crippen molar-refractivity contribution in [3.63, 3.8) is 0 Å². The number of aliphatic hydroxyl groups excluding tert-OH is 1. The maximum Gasteiger partial charge on any atom is 0.236 e. The monoisotopic (exact) mass is 747 g/mol. The fraction of sp³-hybridized carbons (Fsp3) is 0.326. The van der Waals surface area contributed by atoms with Gasteiger partial charge in [0.15, 0.2) is 11.5 Å². The van der Waals surface area contributed by atoms with Gasteiger partial charge in [-0.15, -0.1) is 0 Å². The molecule has 2 heterocycles. The van der Waals surface area contributed by atoms with E-state index in [1.54, 1.807) is 23.2 Å². The molecular weight excluding hydrogens is 699 g/mol. The second-order valence-corrected chi connectivity index (χ2v) is 13.4. The smallest absolute Gasteiger partial charge is 0.236 e. The first-order chi connectivity index (χ1) is 26.9. The van der Waals surface area contributed by atoms with Gasteiger partial charge in [0.25, 0.3) is 0 Å². The highest BCUT2D eigenvalue weighted by molar-refractivity contribution is 5.85. The van der Waals surface area contributed by atoms with E-state index in [1.165, 1.54) is 32.5 Å². The van der Waals surface area contributed by atoms with Gasteiger partial charge in [0.05, 0.1) is 46.0 Å². The van der Waals surface area contributed by atoms with Crippen molar-refractivity contribution in [3.8, 4) is 23.0 Å². The number of benzene rings is 4. The number of methoxy groups -OCH3 is 3. The molecule has 6 rings (SSSR count). The van der Waals surface area contributed by atoms with Crippen LogP contribution >= 0.6 is 0 Å². The molecule has 55 heavy (non-hydrogen) atoms. The fourth-order valence-electron chi connectivity index (χ4n) is 7.03. The molecule has 288 valence electrons. The molecule has 12 heteroatoms. The van der Waals surface area contributed by atoms with E-state index in [4.69, 9.17) is 18.9 Å². The summed E-state index contributed by atoms with van der Waals surface area (Å²) in [5.74, 6) is 1.58. The van der Waals surface area contributed by atoms with E-state index in [1.807, 2.05) is 47.4 Å². The zero-order chi connectivity index (χ0) is 38.6. The summed E-state index contributed by atoms with van der Waals surface area (Å²) < 4.78 is 22.4. The third-order valence-corrected chi connectivity index (χ3v) is 9.71.